The molecule has 0 amide bonds. The molecule has 0 saturated carbocycles. The molecule has 134 valence electrons. The molecule has 6 heteroatoms. The van der Waals surface area contributed by atoms with Crippen molar-refractivity contribution in [2.45, 2.75) is 19.4 Å². The van der Waals surface area contributed by atoms with E-state index in [2.05, 4.69) is 38.0 Å². The number of pyridine rings is 1. The minimum Gasteiger partial charge on any atom is -0.493 e. The maximum absolute atomic E-state index is 5.89. The fourth-order valence-corrected chi connectivity index (χ4v) is 3.81. The van der Waals surface area contributed by atoms with Gasteiger partial charge in [0.1, 0.15) is 5.75 Å². The topological polar surface area (TPSA) is 54.6 Å². The Morgan fingerprint density at radius 2 is 2.08 bits per heavy atom. The predicted molar refractivity (Wildman–Crippen MR) is 99.6 cm³/mol. The van der Waals surface area contributed by atoms with Crippen LogP contribution < -0.4 is 9.64 Å². The molecule has 0 unspecified atom stereocenters. The lowest BCUT2D eigenvalue weighted by Crippen LogP contribution is -2.30. The third kappa shape index (κ3) is 3.01. The van der Waals surface area contributed by atoms with Crippen molar-refractivity contribution in [3.8, 4) is 5.75 Å². The quantitative estimate of drug-likeness (QED) is 0.724. The number of oxazole rings is 1. The van der Waals surface area contributed by atoms with Crippen molar-refractivity contribution < 1.29 is 9.15 Å². The molecule has 0 bridgehead atoms. The second-order valence-corrected chi connectivity index (χ2v) is 6.98. The summed E-state index contributed by atoms with van der Waals surface area (Å²) in [4.78, 5) is 13.6. The Labute approximate surface area is 152 Å². The number of hydrogen-bond donors (Lipinski definition) is 0. The highest BCUT2D eigenvalue weighted by Crippen LogP contribution is 2.27. The van der Waals surface area contributed by atoms with Gasteiger partial charge in [-0.2, -0.15) is 4.98 Å². The van der Waals surface area contributed by atoms with E-state index < -0.39 is 0 Å². The lowest BCUT2D eigenvalue weighted by molar-refractivity contribution is 0.285. The van der Waals surface area contributed by atoms with Crippen molar-refractivity contribution in [2.24, 2.45) is 0 Å². The summed E-state index contributed by atoms with van der Waals surface area (Å²) < 4.78 is 11.5. The highest BCUT2D eigenvalue weighted by Gasteiger charge is 2.20. The number of benzene rings is 1. The van der Waals surface area contributed by atoms with Crippen LogP contribution in [0.4, 0.5) is 6.01 Å². The Morgan fingerprint density at radius 1 is 1.08 bits per heavy atom. The lowest BCUT2D eigenvalue weighted by Gasteiger charge is -2.21. The minimum absolute atomic E-state index is 0.684. The van der Waals surface area contributed by atoms with Gasteiger partial charge < -0.3 is 14.1 Å². The van der Waals surface area contributed by atoms with Gasteiger partial charge in [0, 0.05) is 45.3 Å². The molecule has 2 aliphatic rings. The summed E-state index contributed by atoms with van der Waals surface area (Å²) >= 11 is 0. The summed E-state index contributed by atoms with van der Waals surface area (Å²) in [6.07, 6.45) is 3.88. The van der Waals surface area contributed by atoms with Crippen molar-refractivity contribution in [2.75, 3.05) is 37.7 Å². The summed E-state index contributed by atoms with van der Waals surface area (Å²) in [7, 11) is 0. The zero-order valence-corrected chi connectivity index (χ0v) is 14.7. The Balaban J connectivity index is 1.26. The van der Waals surface area contributed by atoms with Gasteiger partial charge in [0.15, 0.2) is 5.58 Å². The first-order chi connectivity index (χ1) is 12.8. The van der Waals surface area contributed by atoms with Crippen LogP contribution in [0.25, 0.3) is 11.2 Å². The Hall–Kier alpha value is -2.60. The highest BCUT2D eigenvalue weighted by molar-refractivity contribution is 5.69. The molecule has 0 aliphatic carbocycles. The minimum atomic E-state index is 0.684. The van der Waals surface area contributed by atoms with E-state index in [1.807, 2.05) is 12.1 Å². The van der Waals surface area contributed by atoms with Crippen LogP contribution >= 0.6 is 0 Å². The Morgan fingerprint density at radius 3 is 3.04 bits per heavy atom. The maximum atomic E-state index is 5.89. The molecule has 1 aromatic carbocycles. The molecule has 1 fully saturated rings. The standard InChI is InChI=1S/C20H22N4O2/c1-3-18-19(21-7-1)22-20(26-18)24-9-2-8-23(10-11-24)14-15-4-5-17-16(13-15)6-12-25-17/h1,3-5,7,13H,2,6,8-12,14H2. The number of fused-ring (bicyclic) bond motifs is 2. The van der Waals surface area contributed by atoms with E-state index >= 15 is 0 Å². The average Bonchev–Trinajstić information content (AvgIpc) is 3.24. The normalized spacial score (nSPS) is 17.9. The molecule has 2 aromatic heterocycles. The Bertz CT molecular complexity index is 890. The summed E-state index contributed by atoms with van der Waals surface area (Å²) in [5.74, 6) is 1.06. The van der Waals surface area contributed by atoms with Gasteiger partial charge >= 0.3 is 0 Å². The van der Waals surface area contributed by atoms with E-state index in [0.717, 1.165) is 63.5 Å². The molecule has 26 heavy (non-hydrogen) atoms. The molecular weight excluding hydrogens is 328 g/mol. The van der Waals surface area contributed by atoms with E-state index in [1.165, 1.54) is 11.1 Å². The van der Waals surface area contributed by atoms with Crippen LogP contribution in [0.1, 0.15) is 17.5 Å². The first kappa shape index (κ1) is 15.6. The van der Waals surface area contributed by atoms with E-state index in [1.54, 1.807) is 6.20 Å². The molecule has 0 spiro atoms. The van der Waals surface area contributed by atoms with Gasteiger partial charge in [-0.15, -0.1) is 0 Å². The van der Waals surface area contributed by atoms with Crippen LogP contribution in [-0.4, -0.2) is 47.7 Å². The lowest BCUT2D eigenvalue weighted by atomic mass is 10.1. The number of anilines is 1. The predicted octanol–water partition coefficient (Wildman–Crippen LogP) is 2.87. The summed E-state index contributed by atoms with van der Waals surface area (Å²) in [6, 6.07) is 11.1. The molecule has 0 atom stereocenters. The number of nitrogens with zero attached hydrogens (tertiary/aromatic N) is 4. The van der Waals surface area contributed by atoms with E-state index in [9.17, 15) is 0 Å². The number of rotatable bonds is 3. The molecule has 5 rings (SSSR count). The van der Waals surface area contributed by atoms with E-state index in [4.69, 9.17) is 9.15 Å². The molecule has 4 heterocycles. The van der Waals surface area contributed by atoms with Crippen molar-refractivity contribution in [1.29, 1.82) is 0 Å². The van der Waals surface area contributed by atoms with Crippen LogP contribution in [0.2, 0.25) is 0 Å². The van der Waals surface area contributed by atoms with Crippen molar-refractivity contribution in [3.05, 3.63) is 47.7 Å². The molecule has 1 saturated heterocycles. The second-order valence-electron chi connectivity index (χ2n) is 6.98. The van der Waals surface area contributed by atoms with Crippen LogP contribution in [0.5, 0.6) is 5.75 Å². The fraction of sp³-hybridized carbons (Fsp3) is 0.400. The third-order valence-corrected chi connectivity index (χ3v) is 5.17. The third-order valence-electron chi connectivity index (χ3n) is 5.17. The van der Waals surface area contributed by atoms with Crippen molar-refractivity contribution >= 4 is 17.2 Å². The number of hydrogen-bond acceptors (Lipinski definition) is 6. The maximum Gasteiger partial charge on any atom is 0.299 e. The molecule has 6 nitrogen and oxygen atoms in total. The van der Waals surface area contributed by atoms with Crippen LogP contribution in [0, 0.1) is 0 Å². The second kappa shape index (κ2) is 6.61. The van der Waals surface area contributed by atoms with E-state index in [0.29, 0.717) is 11.7 Å². The van der Waals surface area contributed by atoms with Gasteiger partial charge in [0.25, 0.3) is 6.01 Å². The van der Waals surface area contributed by atoms with Crippen LogP contribution in [0.3, 0.4) is 0 Å². The molecule has 3 aromatic rings. The van der Waals surface area contributed by atoms with Gasteiger partial charge in [-0.3, -0.25) is 4.90 Å². The van der Waals surface area contributed by atoms with Gasteiger partial charge in [-0.25, -0.2) is 4.98 Å². The SMILES string of the molecule is c1cnc2nc(N3CCCN(Cc4ccc5c(c4)CCO5)CC3)oc2c1. The fourth-order valence-electron chi connectivity index (χ4n) is 3.81. The number of ether oxygens (including phenoxy) is 1. The monoisotopic (exact) mass is 350 g/mol. The largest absolute Gasteiger partial charge is 0.493 e. The number of aromatic nitrogens is 2. The summed E-state index contributed by atoms with van der Waals surface area (Å²) in [5, 5.41) is 0. The summed E-state index contributed by atoms with van der Waals surface area (Å²) in [6.45, 7) is 5.76. The molecule has 2 aliphatic heterocycles. The summed E-state index contributed by atoms with van der Waals surface area (Å²) in [5.41, 5.74) is 4.15. The molecular formula is C20H22N4O2. The highest BCUT2D eigenvalue weighted by atomic mass is 16.5. The van der Waals surface area contributed by atoms with Gasteiger partial charge in [-0.05, 0) is 35.7 Å². The van der Waals surface area contributed by atoms with Crippen LogP contribution in [0.15, 0.2) is 40.9 Å². The smallest absolute Gasteiger partial charge is 0.299 e. The average molecular weight is 350 g/mol. The zero-order valence-electron chi connectivity index (χ0n) is 14.7. The van der Waals surface area contributed by atoms with Gasteiger partial charge in [0.05, 0.1) is 6.61 Å². The van der Waals surface area contributed by atoms with Crippen molar-refractivity contribution in [1.82, 2.24) is 14.9 Å². The first-order valence-corrected chi connectivity index (χ1v) is 9.29. The zero-order chi connectivity index (χ0) is 17.3. The first-order valence-electron chi connectivity index (χ1n) is 9.29. The van der Waals surface area contributed by atoms with Gasteiger partial charge in [-0.1, -0.05) is 12.1 Å². The van der Waals surface area contributed by atoms with Gasteiger partial charge in [0.2, 0.25) is 5.65 Å². The van der Waals surface area contributed by atoms with E-state index in [-0.39, 0.29) is 0 Å². The van der Waals surface area contributed by atoms with Crippen LogP contribution in [-0.2, 0) is 13.0 Å². The van der Waals surface area contributed by atoms with Crippen molar-refractivity contribution in [3.63, 3.8) is 0 Å². The molecule has 0 radical (unpaired) electrons. The Kier molecular flexibility index (Phi) is 3.97. The molecule has 0 N–H and O–H groups in total.